The molecule has 2 heterocycles. The van der Waals surface area contributed by atoms with E-state index >= 15 is 0 Å². The molecular formula is C52H70Cl2N8O11. The quantitative estimate of drug-likeness (QED) is 0.0501. The van der Waals surface area contributed by atoms with Crippen LogP contribution < -0.4 is 22.5 Å². The van der Waals surface area contributed by atoms with Crippen LogP contribution in [0.5, 0.6) is 0 Å². The number of hydrogen-bond acceptors (Lipinski definition) is 13. The molecule has 0 radical (unpaired) electrons. The summed E-state index contributed by atoms with van der Waals surface area (Å²) in [6.07, 6.45) is 3.27. The molecule has 2 aliphatic heterocycles. The fourth-order valence-corrected chi connectivity index (χ4v) is 6.37. The summed E-state index contributed by atoms with van der Waals surface area (Å²) in [6.45, 7) is 11.0. The largest absolute Gasteiger partial charge is 0.480 e. The highest BCUT2D eigenvalue weighted by atomic mass is 35.5. The first kappa shape index (κ1) is 61.6. The summed E-state index contributed by atoms with van der Waals surface area (Å²) < 4.78 is 27.1. The van der Waals surface area contributed by atoms with E-state index in [1.54, 1.807) is 77.9 Å². The number of nitrogens with zero attached hydrogens (tertiary/aromatic N) is 4. The van der Waals surface area contributed by atoms with Crippen LogP contribution in [0.2, 0.25) is 0 Å². The van der Waals surface area contributed by atoms with E-state index in [1.807, 2.05) is 72.8 Å². The van der Waals surface area contributed by atoms with Gasteiger partial charge in [0.1, 0.15) is 31.8 Å². The number of anilines is 4. The van der Waals surface area contributed by atoms with Gasteiger partial charge in [0, 0.05) is 26.2 Å². The van der Waals surface area contributed by atoms with Crippen molar-refractivity contribution < 1.29 is 54.2 Å². The van der Waals surface area contributed by atoms with E-state index in [-0.39, 0.29) is 65.2 Å². The number of para-hydroxylation sites is 4. The molecule has 21 heteroatoms. The molecule has 0 aliphatic carbocycles. The van der Waals surface area contributed by atoms with Crippen molar-refractivity contribution in [3.8, 4) is 12.8 Å². The van der Waals surface area contributed by atoms with Crippen molar-refractivity contribution in [2.75, 3.05) is 67.1 Å². The lowest BCUT2D eigenvalue weighted by Crippen LogP contribution is -2.61. The van der Waals surface area contributed by atoms with E-state index in [2.05, 4.69) is 11.7 Å². The lowest BCUT2D eigenvalue weighted by atomic mass is 10.1. The number of carbonyl (C=O) groups excluding carboxylic acids is 5. The third kappa shape index (κ3) is 23.0. The number of alkyl halides is 2. The van der Waals surface area contributed by atoms with E-state index in [1.165, 1.54) is 21.1 Å². The number of carbonyl (C=O) groups is 6. The van der Waals surface area contributed by atoms with Crippen LogP contribution in [-0.4, -0.2) is 129 Å². The minimum Gasteiger partial charge on any atom is -0.480 e. The molecule has 2 unspecified atom stereocenters. The smallest absolute Gasteiger partial charge is 0.410 e. The summed E-state index contributed by atoms with van der Waals surface area (Å²) >= 11 is 9.53. The molecule has 0 bridgehead atoms. The van der Waals surface area contributed by atoms with Crippen LogP contribution in [0.4, 0.5) is 41.9 Å². The highest BCUT2D eigenvalue weighted by Crippen LogP contribution is 2.22. The van der Waals surface area contributed by atoms with Gasteiger partial charge in [0.2, 0.25) is 5.91 Å². The summed E-state index contributed by atoms with van der Waals surface area (Å²) in [5.74, 6) is -1.67. The van der Waals surface area contributed by atoms with Gasteiger partial charge in [0.15, 0.2) is 6.04 Å². The van der Waals surface area contributed by atoms with Crippen LogP contribution >= 0.6 is 23.2 Å². The maximum Gasteiger partial charge on any atom is 0.410 e. The number of nitrogen functional groups attached to an aromatic ring is 3. The molecule has 2 aliphatic rings. The molecule has 6 rings (SSSR count). The van der Waals surface area contributed by atoms with Gasteiger partial charge in [-0.1, -0.05) is 92.4 Å². The summed E-state index contributed by atoms with van der Waals surface area (Å²) in [5.41, 5.74) is 19.1. The van der Waals surface area contributed by atoms with E-state index < -0.39 is 59.5 Å². The predicted molar refractivity (Wildman–Crippen MR) is 285 cm³/mol. The Morgan fingerprint density at radius 3 is 1.32 bits per heavy atom. The highest BCUT2D eigenvalue weighted by molar-refractivity contribution is 6.40. The van der Waals surface area contributed by atoms with E-state index in [0.29, 0.717) is 22.7 Å². The Morgan fingerprint density at radius 2 is 0.959 bits per heavy atom. The Bertz CT molecular complexity index is 2400. The molecular weight excluding hydrogens is 984 g/mol. The Kier molecular flexibility index (Phi) is 26.7. The zero-order valence-corrected chi connectivity index (χ0v) is 42.8. The first-order valence-corrected chi connectivity index (χ1v) is 23.4. The van der Waals surface area contributed by atoms with Crippen molar-refractivity contribution in [2.24, 2.45) is 0 Å². The average Bonchev–Trinajstić information content (AvgIpc) is 3.34. The number of carboxylic acids is 1. The third-order valence-electron chi connectivity index (χ3n) is 9.75. The molecule has 2 fully saturated rings. The molecule has 0 spiro atoms. The number of ether oxygens (including phenoxy) is 4. The van der Waals surface area contributed by atoms with E-state index in [4.69, 9.17) is 60.7 Å². The van der Waals surface area contributed by atoms with Gasteiger partial charge in [-0.3, -0.25) is 14.6 Å². The van der Waals surface area contributed by atoms with Crippen LogP contribution in [0.3, 0.4) is 0 Å². The Balaban J connectivity index is 0.000000590. The number of carboxylic acid groups (broad SMARTS) is 1. The standard InChI is InChI=1S/C24H30N4O5.C18H24N2O6.C6H8N2.C2H2.CH2Cl2.CH4/c1-24(2,3)33-22(30)27-13-14-28(23(31)32-16-17-9-5-4-6-10-17)20(15-27)21(29)26-19-12-8-7-11-18(19)25;1-18(2,3)26-16(23)19-9-10-20(14(11-19)15(21)22)17(24)25-12-13-7-5-4-6-8-13;7-5-3-1-2-4-6(5)8;1-2;2-1-3;/h4-12,20H,13-16,25H2,1-3H3,(H,26,29);4-8,14H,9-12H2,1-3H3,(H,21,22);1-4H,7-8H2;1-2H;1H2;1H4/i;;;1D;;. The van der Waals surface area contributed by atoms with Crippen LogP contribution in [0, 0.1) is 12.8 Å². The first-order chi connectivity index (χ1) is 34.4. The van der Waals surface area contributed by atoms with Crippen LogP contribution in [0.25, 0.3) is 0 Å². The monoisotopic (exact) mass is 1050 g/mol. The minimum atomic E-state index is -1.20. The molecule has 73 heavy (non-hydrogen) atoms. The second-order valence-corrected chi connectivity index (χ2v) is 18.3. The molecule has 2 atom stereocenters. The molecule has 19 nitrogen and oxygen atoms in total. The normalized spacial score (nSPS) is 14.9. The first-order valence-electron chi connectivity index (χ1n) is 22.8. The van der Waals surface area contributed by atoms with Gasteiger partial charge in [0.25, 0.3) is 0 Å². The van der Waals surface area contributed by atoms with Crippen LogP contribution in [0.1, 0.15) is 61.5 Å². The summed E-state index contributed by atoms with van der Waals surface area (Å²) in [4.78, 5) is 79.8. The maximum absolute atomic E-state index is 13.2. The number of nitrogens with one attached hydrogen (secondary N) is 1. The number of terminal acetylenes is 1. The molecule has 8 N–H and O–H groups in total. The molecule has 398 valence electrons. The molecule has 4 aromatic carbocycles. The second kappa shape index (κ2) is 31.7. The predicted octanol–water partition coefficient (Wildman–Crippen LogP) is 8.95. The van der Waals surface area contributed by atoms with Gasteiger partial charge in [-0.15, -0.1) is 36.0 Å². The van der Waals surface area contributed by atoms with Gasteiger partial charge in [-0.05, 0) is 76.9 Å². The van der Waals surface area contributed by atoms with Gasteiger partial charge in [-0.2, -0.15) is 0 Å². The summed E-state index contributed by atoms with van der Waals surface area (Å²) in [6, 6.07) is 30.3. The van der Waals surface area contributed by atoms with Crippen LogP contribution in [-0.2, 0) is 41.8 Å². The lowest BCUT2D eigenvalue weighted by Gasteiger charge is -2.40. The Morgan fingerprint density at radius 1 is 0.616 bits per heavy atom. The SMILES string of the molecule is C.CC(C)(C)OC(=O)N1CCN(C(=O)OCc2ccccc2)C(C(=O)Nc2ccccc2N)C1.CC(C)(C)OC(=O)N1CCN(C(=O)OCc2ccccc2)C(C(=O)O)C1.ClCCl.Nc1ccccc1N.[2H]C#C. The van der Waals surface area contributed by atoms with Gasteiger partial charge < -0.3 is 56.4 Å². The van der Waals surface area contributed by atoms with Crippen molar-refractivity contribution >= 4 is 82.2 Å². The number of halogens is 2. The molecule has 2 saturated heterocycles. The van der Waals surface area contributed by atoms with Crippen molar-refractivity contribution in [1.82, 2.24) is 19.6 Å². The number of nitrogens with two attached hydrogens (primary N) is 3. The van der Waals surface area contributed by atoms with E-state index in [9.17, 15) is 33.9 Å². The van der Waals surface area contributed by atoms with Gasteiger partial charge in [-0.25, -0.2) is 24.0 Å². The Labute approximate surface area is 440 Å². The topological polar surface area (TPSA) is 263 Å². The number of piperazine rings is 2. The molecule has 4 aromatic rings. The van der Waals surface area contributed by atoms with Crippen LogP contribution in [0.15, 0.2) is 109 Å². The minimum absolute atomic E-state index is 0. The van der Waals surface area contributed by atoms with Crippen molar-refractivity contribution in [3.05, 3.63) is 120 Å². The third-order valence-corrected chi connectivity index (χ3v) is 9.75. The van der Waals surface area contributed by atoms with E-state index in [0.717, 1.165) is 16.0 Å². The maximum atomic E-state index is 13.2. The lowest BCUT2D eigenvalue weighted by molar-refractivity contribution is -0.144. The second-order valence-electron chi connectivity index (χ2n) is 17.5. The average molecular weight is 1060 g/mol. The number of hydrogen-bond donors (Lipinski definition) is 5. The number of benzene rings is 4. The van der Waals surface area contributed by atoms with Gasteiger partial charge in [0.05, 0.1) is 41.2 Å². The van der Waals surface area contributed by atoms with Crippen molar-refractivity contribution in [3.63, 3.8) is 0 Å². The van der Waals surface area contributed by atoms with Gasteiger partial charge >= 0.3 is 30.3 Å². The van der Waals surface area contributed by atoms with Crippen molar-refractivity contribution in [2.45, 2.75) is 85.5 Å². The summed E-state index contributed by atoms with van der Waals surface area (Å²) in [5, 5.41) is 12.4. The zero-order valence-electron chi connectivity index (χ0n) is 42.3. The highest BCUT2D eigenvalue weighted by Gasteiger charge is 2.41. The fourth-order valence-electron chi connectivity index (χ4n) is 6.37. The number of rotatable bonds is 7. The number of aliphatic carboxylic acids is 1. The molecule has 0 saturated carbocycles. The fraction of sp³-hybridized carbons (Fsp3) is 0.385. The molecule has 0 aromatic heterocycles. The summed E-state index contributed by atoms with van der Waals surface area (Å²) in [7, 11) is 0. The number of amides is 5. The Hall–Kier alpha value is -7.56. The molecule has 5 amide bonds. The van der Waals surface area contributed by atoms with Crippen molar-refractivity contribution in [1.29, 1.82) is 0 Å². The zero-order chi connectivity index (χ0) is 54.7.